The summed E-state index contributed by atoms with van der Waals surface area (Å²) in [6.45, 7) is 4.52. The van der Waals surface area contributed by atoms with E-state index < -0.39 is 0 Å². The molecule has 2 aliphatic rings. The molecular formula is C23H29N3O3S. The van der Waals surface area contributed by atoms with Gasteiger partial charge in [0.1, 0.15) is 0 Å². The van der Waals surface area contributed by atoms with Gasteiger partial charge in [-0.1, -0.05) is 25.0 Å². The Balaban J connectivity index is 1.36. The monoisotopic (exact) mass is 427 g/mol. The fourth-order valence-electron chi connectivity index (χ4n) is 4.55. The number of rotatable bonds is 6. The van der Waals surface area contributed by atoms with Crippen LogP contribution in [0.15, 0.2) is 29.6 Å². The minimum absolute atomic E-state index is 0.0102. The largest absolute Gasteiger partial charge is 0.378 e. The van der Waals surface area contributed by atoms with Crippen molar-refractivity contribution in [1.82, 2.24) is 9.88 Å². The number of aromatic nitrogens is 1. The van der Waals surface area contributed by atoms with Gasteiger partial charge in [0.25, 0.3) is 0 Å². The first-order chi connectivity index (χ1) is 14.5. The van der Waals surface area contributed by atoms with Gasteiger partial charge < -0.3 is 15.0 Å². The second kappa shape index (κ2) is 9.27. The van der Waals surface area contributed by atoms with E-state index in [0.717, 1.165) is 47.6 Å². The summed E-state index contributed by atoms with van der Waals surface area (Å²) in [5, 5.41) is 6.11. The number of carbonyl (C=O) groups is 2. The van der Waals surface area contributed by atoms with E-state index in [1.54, 1.807) is 11.3 Å². The summed E-state index contributed by atoms with van der Waals surface area (Å²) in [6, 6.07) is 7.80. The zero-order valence-electron chi connectivity index (χ0n) is 17.5. The van der Waals surface area contributed by atoms with Crippen LogP contribution in [0.5, 0.6) is 0 Å². The molecule has 30 heavy (non-hydrogen) atoms. The van der Waals surface area contributed by atoms with Gasteiger partial charge in [0, 0.05) is 42.6 Å². The second-order valence-electron chi connectivity index (χ2n) is 8.43. The van der Waals surface area contributed by atoms with E-state index in [1.807, 2.05) is 41.5 Å². The Hall–Kier alpha value is -2.25. The minimum Gasteiger partial charge on any atom is -0.378 e. The van der Waals surface area contributed by atoms with Crippen molar-refractivity contribution in [3.8, 4) is 11.3 Å². The van der Waals surface area contributed by atoms with Crippen molar-refractivity contribution in [3.63, 3.8) is 0 Å². The summed E-state index contributed by atoms with van der Waals surface area (Å²) in [5.74, 6) is 0.153. The normalized spacial score (nSPS) is 18.4. The van der Waals surface area contributed by atoms with Crippen LogP contribution in [0.4, 0.5) is 5.69 Å². The van der Waals surface area contributed by atoms with Crippen LogP contribution in [0, 0.1) is 12.3 Å². The number of amides is 2. The molecule has 1 N–H and O–H groups in total. The highest BCUT2D eigenvalue weighted by Gasteiger charge is 2.39. The van der Waals surface area contributed by atoms with E-state index in [1.165, 1.54) is 0 Å². The number of nitrogens with one attached hydrogen (secondary N) is 1. The van der Waals surface area contributed by atoms with Crippen molar-refractivity contribution in [2.45, 2.75) is 45.4 Å². The van der Waals surface area contributed by atoms with E-state index >= 15 is 0 Å². The number of thiazole rings is 1. The van der Waals surface area contributed by atoms with E-state index in [0.29, 0.717) is 39.1 Å². The molecule has 1 aliphatic heterocycles. The predicted octanol–water partition coefficient (Wildman–Crippen LogP) is 4.26. The standard InChI is InChI=1S/C23H29N3O3S/c1-17-24-20(16-30-17)18-4-6-19(7-5-18)25-21(27)14-23(8-2-3-9-23)15-22(28)26-10-12-29-13-11-26/h4-7,16H,2-3,8-15H2,1H3,(H,25,27). The lowest BCUT2D eigenvalue weighted by Gasteiger charge is -2.33. The molecule has 6 nitrogen and oxygen atoms in total. The van der Waals surface area contributed by atoms with Crippen LogP contribution in [0.1, 0.15) is 43.5 Å². The van der Waals surface area contributed by atoms with E-state index in [9.17, 15) is 9.59 Å². The molecule has 0 unspecified atom stereocenters. The van der Waals surface area contributed by atoms with Gasteiger partial charge in [0.15, 0.2) is 0 Å². The Labute approximate surface area is 181 Å². The number of ether oxygens (including phenoxy) is 1. The van der Waals surface area contributed by atoms with E-state index in [4.69, 9.17) is 4.74 Å². The number of morpholine rings is 1. The van der Waals surface area contributed by atoms with Crippen molar-refractivity contribution in [2.75, 3.05) is 31.6 Å². The molecule has 160 valence electrons. The minimum atomic E-state index is -0.211. The van der Waals surface area contributed by atoms with Crippen LogP contribution < -0.4 is 5.32 Å². The summed E-state index contributed by atoms with van der Waals surface area (Å²) in [7, 11) is 0. The molecule has 1 saturated heterocycles. The number of hydrogen-bond acceptors (Lipinski definition) is 5. The highest BCUT2D eigenvalue weighted by atomic mass is 32.1. The summed E-state index contributed by atoms with van der Waals surface area (Å²) in [5.41, 5.74) is 2.57. The first-order valence-corrected chi connectivity index (χ1v) is 11.6. The molecule has 2 amide bonds. The lowest BCUT2D eigenvalue weighted by Crippen LogP contribution is -2.43. The Morgan fingerprint density at radius 1 is 1.13 bits per heavy atom. The molecule has 2 fully saturated rings. The molecule has 7 heteroatoms. The number of benzene rings is 1. The number of hydrogen-bond donors (Lipinski definition) is 1. The maximum Gasteiger partial charge on any atom is 0.224 e. The zero-order valence-corrected chi connectivity index (χ0v) is 18.3. The summed E-state index contributed by atoms with van der Waals surface area (Å²) in [4.78, 5) is 32.0. The van der Waals surface area contributed by atoms with Crippen LogP contribution in [0.2, 0.25) is 0 Å². The maximum atomic E-state index is 12.8. The van der Waals surface area contributed by atoms with Crippen molar-refractivity contribution < 1.29 is 14.3 Å². The van der Waals surface area contributed by atoms with Crippen molar-refractivity contribution >= 4 is 28.8 Å². The van der Waals surface area contributed by atoms with E-state index in [2.05, 4.69) is 10.3 Å². The maximum absolute atomic E-state index is 12.8. The fraction of sp³-hybridized carbons (Fsp3) is 0.522. The molecule has 1 aromatic heterocycles. The average molecular weight is 428 g/mol. The molecule has 0 radical (unpaired) electrons. The Morgan fingerprint density at radius 3 is 2.47 bits per heavy atom. The first kappa shape index (κ1) is 21.0. The van der Waals surface area contributed by atoms with Crippen molar-refractivity contribution in [1.29, 1.82) is 0 Å². The number of nitrogens with zero attached hydrogens (tertiary/aromatic N) is 2. The molecule has 2 heterocycles. The highest BCUT2D eigenvalue weighted by molar-refractivity contribution is 7.09. The Kier molecular flexibility index (Phi) is 6.49. The predicted molar refractivity (Wildman–Crippen MR) is 118 cm³/mol. The first-order valence-electron chi connectivity index (χ1n) is 10.7. The summed E-state index contributed by atoms with van der Waals surface area (Å²) < 4.78 is 5.35. The molecule has 1 saturated carbocycles. The third-order valence-electron chi connectivity index (χ3n) is 6.17. The van der Waals surface area contributed by atoms with Crippen LogP contribution >= 0.6 is 11.3 Å². The van der Waals surface area contributed by atoms with Gasteiger partial charge in [-0.05, 0) is 37.3 Å². The SMILES string of the molecule is Cc1nc(-c2ccc(NC(=O)CC3(CC(=O)N4CCOCC4)CCCC3)cc2)cs1. The van der Waals surface area contributed by atoms with Gasteiger partial charge in [0.05, 0.1) is 23.9 Å². The summed E-state index contributed by atoms with van der Waals surface area (Å²) in [6.07, 6.45) is 4.92. The molecule has 1 aromatic carbocycles. The molecular weight excluding hydrogens is 398 g/mol. The number of aryl methyl sites for hydroxylation is 1. The van der Waals surface area contributed by atoms with Crippen LogP contribution in [0.3, 0.4) is 0 Å². The molecule has 0 bridgehead atoms. The van der Waals surface area contributed by atoms with E-state index in [-0.39, 0.29) is 17.2 Å². The third kappa shape index (κ3) is 5.08. The smallest absolute Gasteiger partial charge is 0.224 e. The number of anilines is 1. The highest BCUT2D eigenvalue weighted by Crippen LogP contribution is 2.44. The Bertz CT molecular complexity index is 881. The fourth-order valence-corrected chi connectivity index (χ4v) is 5.17. The van der Waals surface area contributed by atoms with Crippen LogP contribution in [-0.4, -0.2) is 48.0 Å². The van der Waals surface area contributed by atoms with Gasteiger partial charge >= 0.3 is 0 Å². The summed E-state index contributed by atoms with van der Waals surface area (Å²) >= 11 is 1.63. The van der Waals surface area contributed by atoms with Gasteiger partial charge in [-0.2, -0.15) is 0 Å². The van der Waals surface area contributed by atoms with Gasteiger partial charge in [-0.3, -0.25) is 9.59 Å². The van der Waals surface area contributed by atoms with Crippen LogP contribution in [-0.2, 0) is 14.3 Å². The van der Waals surface area contributed by atoms with Gasteiger partial charge in [0.2, 0.25) is 11.8 Å². The lowest BCUT2D eigenvalue weighted by molar-refractivity contribution is -0.138. The van der Waals surface area contributed by atoms with Crippen molar-refractivity contribution in [3.05, 3.63) is 34.7 Å². The molecule has 1 aliphatic carbocycles. The third-order valence-corrected chi connectivity index (χ3v) is 6.95. The quantitative estimate of drug-likeness (QED) is 0.748. The average Bonchev–Trinajstić information content (AvgIpc) is 3.38. The second-order valence-corrected chi connectivity index (χ2v) is 9.49. The zero-order chi connectivity index (χ0) is 21.0. The molecule has 2 aromatic rings. The van der Waals surface area contributed by atoms with Crippen molar-refractivity contribution in [2.24, 2.45) is 5.41 Å². The lowest BCUT2D eigenvalue weighted by atomic mass is 9.78. The molecule has 0 atom stereocenters. The Morgan fingerprint density at radius 2 is 1.83 bits per heavy atom. The van der Waals surface area contributed by atoms with Crippen LogP contribution in [0.25, 0.3) is 11.3 Å². The number of carbonyl (C=O) groups excluding carboxylic acids is 2. The van der Waals surface area contributed by atoms with Gasteiger partial charge in [-0.25, -0.2) is 4.98 Å². The molecule has 4 rings (SSSR count). The topological polar surface area (TPSA) is 71.5 Å². The molecule has 0 spiro atoms. The van der Waals surface area contributed by atoms with Gasteiger partial charge in [-0.15, -0.1) is 11.3 Å².